The van der Waals surface area contributed by atoms with Gasteiger partial charge in [0.15, 0.2) is 5.78 Å². The van der Waals surface area contributed by atoms with Crippen LogP contribution in [-0.2, 0) is 4.74 Å². The zero-order chi connectivity index (χ0) is 13.3. The van der Waals surface area contributed by atoms with Gasteiger partial charge in [-0.3, -0.25) is 4.79 Å². The first-order chi connectivity index (χ1) is 9.19. The van der Waals surface area contributed by atoms with Crippen LogP contribution in [0, 0.1) is 12.8 Å². The van der Waals surface area contributed by atoms with Crippen LogP contribution >= 0.6 is 0 Å². The number of hydrogen-bond donors (Lipinski definition) is 0. The number of ketones is 1. The second-order valence-electron chi connectivity index (χ2n) is 6.16. The number of rotatable bonds is 2. The molecule has 0 amide bonds. The third-order valence-electron chi connectivity index (χ3n) is 4.68. The molecule has 0 aromatic heterocycles. The van der Waals surface area contributed by atoms with Crippen LogP contribution in [0.25, 0.3) is 0 Å². The topological polar surface area (TPSA) is 26.3 Å². The first-order valence-electron chi connectivity index (χ1n) is 7.43. The summed E-state index contributed by atoms with van der Waals surface area (Å²) in [5.74, 6) is 0.479. The van der Waals surface area contributed by atoms with Gasteiger partial charge in [0.1, 0.15) is 0 Å². The molecule has 1 saturated heterocycles. The summed E-state index contributed by atoms with van der Waals surface area (Å²) in [6.07, 6.45) is 6.61. The van der Waals surface area contributed by atoms with E-state index in [9.17, 15) is 4.79 Å². The van der Waals surface area contributed by atoms with Gasteiger partial charge in [-0.25, -0.2) is 0 Å². The summed E-state index contributed by atoms with van der Waals surface area (Å²) in [6, 6.07) is 7.98. The molecular weight excluding hydrogens is 236 g/mol. The van der Waals surface area contributed by atoms with E-state index in [1.165, 1.54) is 12.8 Å². The highest BCUT2D eigenvalue weighted by atomic mass is 16.5. The van der Waals surface area contributed by atoms with Gasteiger partial charge in [0, 0.05) is 18.1 Å². The van der Waals surface area contributed by atoms with Gasteiger partial charge in [-0.1, -0.05) is 36.6 Å². The quantitative estimate of drug-likeness (QED) is 0.752. The molecule has 2 fully saturated rings. The van der Waals surface area contributed by atoms with Gasteiger partial charge < -0.3 is 4.74 Å². The predicted molar refractivity (Wildman–Crippen MR) is 75.4 cm³/mol. The molecule has 1 aliphatic carbocycles. The van der Waals surface area contributed by atoms with Gasteiger partial charge in [0.2, 0.25) is 0 Å². The maximum absolute atomic E-state index is 12.6. The molecule has 19 heavy (non-hydrogen) atoms. The lowest BCUT2D eigenvalue weighted by Crippen LogP contribution is -2.39. The maximum Gasteiger partial charge on any atom is 0.166 e. The van der Waals surface area contributed by atoms with Crippen LogP contribution in [-0.4, -0.2) is 18.0 Å². The van der Waals surface area contributed by atoms with Crippen LogP contribution < -0.4 is 0 Å². The number of hydrogen-bond acceptors (Lipinski definition) is 2. The van der Waals surface area contributed by atoms with E-state index in [0.717, 1.165) is 43.4 Å². The molecule has 1 heterocycles. The van der Waals surface area contributed by atoms with Gasteiger partial charge in [0.25, 0.3) is 0 Å². The van der Waals surface area contributed by atoms with Gasteiger partial charge in [-0.05, 0) is 38.7 Å². The van der Waals surface area contributed by atoms with Crippen molar-refractivity contribution < 1.29 is 9.53 Å². The highest BCUT2D eigenvalue weighted by Crippen LogP contribution is 2.42. The standard InChI is InChI=1S/C17H22O2/c1-13-5-4-6-14(11-13)16(18)15-7-10-19-17(12-15)8-2-3-9-17/h4-6,11,15H,2-3,7-10,12H2,1H3. The Hall–Kier alpha value is -1.15. The molecule has 2 aliphatic rings. The first-order valence-corrected chi connectivity index (χ1v) is 7.43. The van der Waals surface area contributed by atoms with E-state index < -0.39 is 0 Å². The third kappa shape index (κ3) is 2.59. The monoisotopic (exact) mass is 258 g/mol. The highest BCUT2D eigenvalue weighted by Gasteiger charge is 2.41. The van der Waals surface area contributed by atoms with Gasteiger partial charge >= 0.3 is 0 Å². The smallest absolute Gasteiger partial charge is 0.166 e. The van der Waals surface area contributed by atoms with Crippen molar-refractivity contribution in [1.82, 2.24) is 0 Å². The zero-order valence-corrected chi connectivity index (χ0v) is 11.7. The number of ether oxygens (including phenoxy) is 1. The third-order valence-corrected chi connectivity index (χ3v) is 4.68. The molecule has 1 unspecified atom stereocenters. The summed E-state index contributed by atoms with van der Waals surface area (Å²) in [7, 11) is 0. The van der Waals surface area contributed by atoms with Crippen molar-refractivity contribution in [3.05, 3.63) is 35.4 Å². The van der Waals surface area contributed by atoms with Crippen LogP contribution in [0.1, 0.15) is 54.4 Å². The van der Waals surface area contributed by atoms with E-state index >= 15 is 0 Å². The van der Waals surface area contributed by atoms with E-state index in [1.807, 2.05) is 31.2 Å². The minimum atomic E-state index is 0.0302. The normalized spacial score (nSPS) is 25.6. The Morgan fingerprint density at radius 3 is 2.84 bits per heavy atom. The molecule has 1 spiro atoms. The fraction of sp³-hybridized carbons (Fsp3) is 0.588. The van der Waals surface area contributed by atoms with Gasteiger partial charge in [-0.2, -0.15) is 0 Å². The highest BCUT2D eigenvalue weighted by molar-refractivity contribution is 5.98. The average molecular weight is 258 g/mol. The zero-order valence-electron chi connectivity index (χ0n) is 11.7. The fourth-order valence-electron chi connectivity index (χ4n) is 3.65. The van der Waals surface area contributed by atoms with E-state index in [2.05, 4.69) is 0 Å². The second-order valence-corrected chi connectivity index (χ2v) is 6.16. The molecule has 1 saturated carbocycles. The fourth-order valence-corrected chi connectivity index (χ4v) is 3.65. The summed E-state index contributed by atoms with van der Waals surface area (Å²) in [6.45, 7) is 2.79. The van der Waals surface area contributed by atoms with Crippen LogP contribution in [0.4, 0.5) is 0 Å². The molecule has 0 radical (unpaired) electrons. The van der Waals surface area contributed by atoms with Crippen LogP contribution in [0.2, 0.25) is 0 Å². The lowest BCUT2D eigenvalue weighted by molar-refractivity contribution is -0.0866. The predicted octanol–water partition coefficient (Wildman–Crippen LogP) is 3.92. The summed E-state index contributed by atoms with van der Waals surface area (Å²) >= 11 is 0. The molecule has 3 rings (SSSR count). The molecular formula is C17H22O2. The van der Waals surface area contributed by atoms with E-state index in [1.54, 1.807) is 0 Å². The van der Waals surface area contributed by atoms with Gasteiger partial charge in [0.05, 0.1) is 5.60 Å². The largest absolute Gasteiger partial charge is 0.375 e. The van der Waals surface area contributed by atoms with Crippen molar-refractivity contribution in [3.63, 3.8) is 0 Å². The number of benzene rings is 1. The lowest BCUT2D eigenvalue weighted by atomic mass is 9.80. The summed E-state index contributed by atoms with van der Waals surface area (Å²) < 4.78 is 6.01. The summed E-state index contributed by atoms with van der Waals surface area (Å²) in [5, 5.41) is 0. The summed E-state index contributed by atoms with van der Waals surface area (Å²) in [5.41, 5.74) is 2.07. The van der Waals surface area contributed by atoms with Crippen molar-refractivity contribution >= 4 is 5.78 Å². The molecule has 102 valence electrons. The molecule has 0 N–H and O–H groups in total. The SMILES string of the molecule is Cc1cccc(C(=O)C2CCOC3(CCCC3)C2)c1. The van der Waals surface area contributed by atoms with E-state index in [-0.39, 0.29) is 11.5 Å². The number of aryl methyl sites for hydroxylation is 1. The molecule has 1 aromatic carbocycles. The van der Waals surface area contributed by atoms with Crippen molar-refractivity contribution in [2.24, 2.45) is 5.92 Å². The molecule has 1 atom stereocenters. The number of carbonyl (C=O) groups is 1. The Bertz CT molecular complexity index is 472. The van der Waals surface area contributed by atoms with Crippen molar-refractivity contribution in [2.75, 3.05) is 6.61 Å². The molecule has 1 aliphatic heterocycles. The Balaban J connectivity index is 1.76. The van der Waals surface area contributed by atoms with E-state index in [0.29, 0.717) is 5.78 Å². The second kappa shape index (κ2) is 5.09. The minimum absolute atomic E-state index is 0.0302. The molecule has 2 nitrogen and oxygen atoms in total. The van der Waals surface area contributed by atoms with Crippen LogP contribution in [0.15, 0.2) is 24.3 Å². The summed E-state index contributed by atoms with van der Waals surface area (Å²) in [4.78, 5) is 12.6. The Labute approximate surface area is 115 Å². The van der Waals surface area contributed by atoms with Crippen molar-refractivity contribution in [2.45, 2.75) is 51.0 Å². The Morgan fingerprint density at radius 1 is 1.32 bits per heavy atom. The van der Waals surface area contributed by atoms with Crippen LogP contribution in [0.5, 0.6) is 0 Å². The number of Topliss-reactive ketones (excluding diaryl/α,β-unsaturated/α-hetero) is 1. The van der Waals surface area contributed by atoms with Crippen molar-refractivity contribution in [1.29, 1.82) is 0 Å². The van der Waals surface area contributed by atoms with E-state index in [4.69, 9.17) is 4.74 Å². The Kier molecular flexibility index (Phi) is 3.44. The molecule has 1 aromatic rings. The number of carbonyl (C=O) groups excluding carboxylic acids is 1. The lowest BCUT2D eigenvalue weighted by Gasteiger charge is -2.37. The first kappa shape index (κ1) is 12.9. The van der Waals surface area contributed by atoms with Crippen LogP contribution in [0.3, 0.4) is 0 Å². The maximum atomic E-state index is 12.6. The molecule has 2 heteroatoms. The minimum Gasteiger partial charge on any atom is -0.375 e. The Morgan fingerprint density at radius 2 is 2.11 bits per heavy atom. The van der Waals surface area contributed by atoms with Gasteiger partial charge in [-0.15, -0.1) is 0 Å². The molecule has 0 bridgehead atoms. The average Bonchev–Trinajstić information content (AvgIpc) is 2.86. The van der Waals surface area contributed by atoms with Crippen molar-refractivity contribution in [3.8, 4) is 0 Å².